The van der Waals surface area contributed by atoms with Crippen molar-refractivity contribution in [3.8, 4) is 5.75 Å². The number of hydrogen-bond acceptors (Lipinski definition) is 6. The van der Waals surface area contributed by atoms with Gasteiger partial charge in [-0.15, -0.1) is 0 Å². The lowest BCUT2D eigenvalue weighted by Crippen LogP contribution is -2.60. The first kappa shape index (κ1) is 18.4. The van der Waals surface area contributed by atoms with E-state index in [4.69, 9.17) is 9.15 Å². The Kier molecular flexibility index (Phi) is 5.35. The van der Waals surface area contributed by atoms with Crippen LogP contribution in [0.3, 0.4) is 0 Å². The van der Waals surface area contributed by atoms with Gasteiger partial charge in [0.1, 0.15) is 11.5 Å². The van der Waals surface area contributed by atoms with Crippen LogP contribution >= 0.6 is 0 Å². The number of methoxy groups -OCH3 is 1. The van der Waals surface area contributed by atoms with Crippen molar-refractivity contribution in [2.75, 3.05) is 12.0 Å². The number of carbonyl (C=O) groups is 3. The van der Waals surface area contributed by atoms with Crippen LogP contribution in [0.25, 0.3) is 0 Å². The molecule has 1 aromatic heterocycles. The monoisotopic (exact) mass is 369 g/mol. The summed E-state index contributed by atoms with van der Waals surface area (Å²) >= 11 is 0. The Morgan fingerprint density at radius 2 is 1.96 bits per heavy atom. The summed E-state index contributed by atoms with van der Waals surface area (Å²) in [6, 6.07) is 9.13. The Balaban J connectivity index is 1.89. The van der Waals surface area contributed by atoms with Gasteiger partial charge in [0.25, 0.3) is 5.91 Å². The molecule has 4 amide bonds. The highest BCUT2D eigenvalue weighted by Crippen LogP contribution is 2.24. The smallest absolute Gasteiger partial charge is 0.335 e. The summed E-state index contributed by atoms with van der Waals surface area (Å²) in [5, 5.41) is 2.24. The highest BCUT2D eigenvalue weighted by atomic mass is 16.5. The molecule has 27 heavy (non-hydrogen) atoms. The number of anilines is 1. The fourth-order valence-electron chi connectivity index (χ4n) is 2.83. The standard InChI is InChI=1S/C19H19N3O5/c1-3-15(20-11-14-5-4-10-27-14)16-17(23)21-19(25)22(18(16)24)12-6-8-13(26-2)9-7-12/h4-10,16H,3,11H2,1-2H3,(H,21,23,25). The lowest BCUT2D eigenvalue weighted by molar-refractivity contribution is -0.131. The fraction of sp³-hybridized carbons (Fsp3) is 0.263. The van der Waals surface area contributed by atoms with Crippen molar-refractivity contribution in [3.63, 3.8) is 0 Å². The maximum Gasteiger partial charge on any atom is 0.335 e. The third-order valence-electron chi connectivity index (χ3n) is 4.21. The van der Waals surface area contributed by atoms with E-state index in [1.54, 1.807) is 43.3 Å². The Morgan fingerprint density at radius 1 is 1.22 bits per heavy atom. The summed E-state index contributed by atoms with van der Waals surface area (Å²) in [5.41, 5.74) is 0.734. The van der Waals surface area contributed by atoms with Gasteiger partial charge in [0.15, 0.2) is 5.92 Å². The van der Waals surface area contributed by atoms with Gasteiger partial charge in [0.2, 0.25) is 5.91 Å². The summed E-state index contributed by atoms with van der Waals surface area (Å²) in [5.74, 6) is -1.26. The molecule has 0 bridgehead atoms. The van der Waals surface area contributed by atoms with Gasteiger partial charge in [0.05, 0.1) is 25.6 Å². The van der Waals surface area contributed by atoms with Crippen molar-refractivity contribution >= 4 is 29.2 Å². The Labute approximate surface area is 155 Å². The van der Waals surface area contributed by atoms with Crippen molar-refractivity contribution in [1.29, 1.82) is 0 Å². The minimum absolute atomic E-state index is 0.212. The molecule has 140 valence electrons. The summed E-state index contributed by atoms with van der Waals surface area (Å²) < 4.78 is 10.3. The molecule has 0 radical (unpaired) electrons. The van der Waals surface area contributed by atoms with Gasteiger partial charge < -0.3 is 9.15 Å². The Hall–Kier alpha value is -3.42. The molecule has 1 aromatic carbocycles. The molecule has 0 spiro atoms. The third kappa shape index (κ3) is 3.74. The molecule has 1 aliphatic rings. The minimum Gasteiger partial charge on any atom is -0.497 e. The molecule has 0 saturated carbocycles. The number of hydrogen-bond donors (Lipinski definition) is 1. The number of nitrogens with zero attached hydrogens (tertiary/aromatic N) is 2. The molecular formula is C19H19N3O5. The highest BCUT2D eigenvalue weighted by Gasteiger charge is 2.43. The number of benzene rings is 1. The number of furan rings is 1. The van der Waals surface area contributed by atoms with Crippen LogP contribution in [0.1, 0.15) is 19.1 Å². The largest absolute Gasteiger partial charge is 0.497 e. The first-order valence-corrected chi connectivity index (χ1v) is 8.43. The average Bonchev–Trinajstić information content (AvgIpc) is 3.18. The van der Waals surface area contributed by atoms with E-state index in [2.05, 4.69) is 10.3 Å². The van der Waals surface area contributed by atoms with Crippen LogP contribution in [0.4, 0.5) is 10.5 Å². The van der Waals surface area contributed by atoms with Gasteiger partial charge in [-0.05, 0) is 42.8 Å². The Bertz CT molecular complexity index is 871. The average molecular weight is 369 g/mol. The number of barbiturate groups is 1. The second-order valence-electron chi connectivity index (χ2n) is 5.84. The fourth-order valence-corrected chi connectivity index (χ4v) is 2.83. The molecule has 1 saturated heterocycles. The van der Waals surface area contributed by atoms with Crippen LogP contribution < -0.4 is 15.0 Å². The van der Waals surface area contributed by atoms with Gasteiger partial charge in [-0.2, -0.15) is 0 Å². The van der Waals surface area contributed by atoms with Crippen LogP contribution in [0, 0.1) is 5.92 Å². The van der Waals surface area contributed by atoms with Gasteiger partial charge >= 0.3 is 6.03 Å². The van der Waals surface area contributed by atoms with E-state index < -0.39 is 23.8 Å². The van der Waals surface area contributed by atoms with Crippen LogP contribution in [0.5, 0.6) is 5.75 Å². The van der Waals surface area contributed by atoms with Gasteiger partial charge in [-0.25, -0.2) is 9.69 Å². The first-order valence-electron chi connectivity index (χ1n) is 8.43. The lowest BCUT2D eigenvalue weighted by atomic mass is 9.96. The molecule has 2 heterocycles. The maximum atomic E-state index is 13.0. The highest BCUT2D eigenvalue weighted by molar-refractivity contribution is 6.35. The molecule has 1 unspecified atom stereocenters. The second kappa shape index (κ2) is 7.86. The summed E-state index contributed by atoms with van der Waals surface area (Å²) in [6.07, 6.45) is 1.91. The molecule has 1 aliphatic heterocycles. The Morgan fingerprint density at radius 3 is 2.56 bits per heavy atom. The van der Waals surface area contributed by atoms with E-state index in [9.17, 15) is 14.4 Å². The topological polar surface area (TPSA) is 101 Å². The maximum absolute atomic E-state index is 13.0. The quantitative estimate of drug-likeness (QED) is 0.623. The molecule has 2 aromatic rings. The predicted molar refractivity (Wildman–Crippen MR) is 97.6 cm³/mol. The number of imide groups is 2. The number of rotatable bonds is 6. The molecule has 3 rings (SSSR count). The SMILES string of the molecule is CCC(=NCc1ccco1)C1C(=O)NC(=O)N(c2ccc(OC)cc2)C1=O. The summed E-state index contributed by atoms with van der Waals surface area (Å²) in [6.45, 7) is 2.01. The van der Waals surface area contributed by atoms with E-state index in [1.165, 1.54) is 13.4 Å². The molecule has 0 aliphatic carbocycles. The number of urea groups is 1. The van der Waals surface area contributed by atoms with Crippen molar-refractivity contribution in [3.05, 3.63) is 48.4 Å². The van der Waals surface area contributed by atoms with Crippen LogP contribution in [0.2, 0.25) is 0 Å². The molecule has 8 nitrogen and oxygen atoms in total. The van der Waals surface area contributed by atoms with Crippen molar-refractivity contribution in [2.45, 2.75) is 19.9 Å². The predicted octanol–water partition coefficient (Wildman–Crippen LogP) is 2.54. The zero-order chi connectivity index (χ0) is 19.4. The molecule has 1 fully saturated rings. The van der Waals surface area contributed by atoms with E-state index in [0.717, 1.165) is 4.90 Å². The molecule has 1 N–H and O–H groups in total. The molecule has 8 heteroatoms. The van der Waals surface area contributed by atoms with E-state index >= 15 is 0 Å². The van der Waals surface area contributed by atoms with Crippen LogP contribution in [-0.4, -0.2) is 30.7 Å². The number of nitrogens with one attached hydrogen (secondary N) is 1. The number of ether oxygens (including phenoxy) is 1. The van der Waals surface area contributed by atoms with E-state index in [1.807, 2.05) is 0 Å². The third-order valence-corrected chi connectivity index (χ3v) is 4.21. The normalized spacial score (nSPS) is 17.9. The summed E-state index contributed by atoms with van der Waals surface area (Å²) in [4.78, 5) is 42.9. The number of aliphatic imine (C=N–C) groups is 1. The minimum atomic E-state index is -1.16. The van der Waals surface area contributed by atoms with E-state index in [0.29, 0.717) is 29.3 Å². The van der Waals surface area contributed by atoms with Crippen LogP contribution in [0.15, 0.2) is 52.1 Å². The van der Waals surface area contributed by atoms with Crippen molar-refractivity contribution < 1.29 is 23.5 Å². The first-order chi connectivity index (χ1) is 13.0. The van der Waals surface area contributed by atoms with Gasteiger partial charge in [0, 0.05) is 5.71 Å². The lowest BCUT2D eigenvalue weighted by Gasteiger charge is -2.30. The van der Waals surface area contributed by atoms with Crippen LogP contribution in [-0.2, 0) is 16.1 Å². The molecular weight excluding hydrogens is 350 g/mol. The summed E-state index contributed by atoms with van der Waals surface area (Å²) in [7, 11) is 1.52. The van der Waals surface area contributed by atoms with Gasteiger partial charge in [-0.3, -0.25) is 19.9 Å². The number of amides is 4. The zero-order valence-electron chi connectivity index (χ0n) is 15.0. The van der Waals surface area contributed by atoms with E-state index in [-0.39, 0.29) is 6.54 Å². The number of carbonyl (C=O) groups excluding carboxylic acids is 3. The van der Waals surface area contributed by atoms with Gasteiger partial charge in [-0.1, -0.05) is 6.92 Å². The zero-order valence-corrected chi connectivity index (χ0v) is 15.0. The van der Waals surface area contributed by atoms with Crippen molar-refractivity contribution in [1.82, 2.24) is 5.32 Å². The molecule has 1 atom stereocenters. The van der Waals surface area contributed by atoms with Crippen molar-refractivity contribution in [2.24, 2.45) is 10.9 Å². The second-order valence-corrected chi connectivity index (χ2v) is 5.84.